The number of ether oxygens (including phenoxy) is 2. The van der Waals surface area contributed by atoms with Gasteiger partial charge < -0.3 is 19.4 Å². The van der Waals surface area contributed by atoms with Crippen LogP contribution in [-0.2, 0) is 4.74 Å². The number of aromatic amines is 1. The topological polar surface area (TPSA) is 80.3 Å². The fraction of sp³-hybridized carbons (Fsp3) is 0.500. The highest BCUT2D eigenvalue weighted by molar-refractivity contribution is 5.94. The Kier molecular flexibility index (Phi) is 6.58. The monoisotopic (exact) mass is 448 g/mol. The van der Waals surface area contributed by atoms with E-state index < -0.39 is 0 Å². The fourth-order valence-electron chi connectivity index (χ4n) is 4.92. The standard InChI is InChI=1S/C26H32N4O3/c1-2-13-33-21-5-3-20(4-6-21)26(31)30-11-7-18(8-12-30)22-16-27-25-24(22)29-23(17-28-25)19-9-14-32-15-10-19/h3-6,16-19H,2,7-15H2,1H3,(H,27,28). The van der Waals surface area contributed by atoms with Crippen LogP contribution in [0.4, 0.5) is 0 Å². The second kappa shape index (κ2) is 9.91. The molecule has 2 fully saturated rings. The first-order valence-electron chi connectivity index (χ1n) is 12.2. The minimum absolute atomic E-state index is 0.0935. The third-order valence-corrected chi connectivity index (χ3v) is 6.86. The zero-order valence-electron chi connectivity index (χ0n) is 19.3. The van der Waals surface area contributed by atoms with Crippen molar-refractivity contribution in [2.24, 2.45) is 0 Å². The molecule has 2 aliphatic heterocycles. The van der Waals surface area contributed by atoms with E-state index in [9.17, 15) is 4.79 Å². The molecule has 1 amide bonds. The molecule has 7 nitrogen and oxygen atoms in total. The predicted octanol–water partition coefficient (Wildman–Crippen LogP) is 4.66. The van der Waals surface area contributed by atoms with Gasteiger partial charge in [-0.05, 0) is 62.3 Å². The van der Waals surface area contributed by atoms with Crippen molar-refractivity contribution in [2.45, 2.75) is 50.9 Å². The number of fused-ring (bicyclic) bond motifs is 1. The number of nitrogens with one attached hydrogen (secondary N) is 1. The van der Waals surface area contributed by atoms with Gasteiger partial charge in [-0.15, -0.1) is 0 Å². The Labute approximate surface area is 194 Å². The number of piperidine rings is 1. The van der Waals surface area contributed by atoms with Crippen LogP contribution in [-0.4, -0.2) is 58.7 Å². The second-order valence-electron chi connectivity index (χ2n) is 9.06. The second-order valence-corrected chi connectivity index (χ2v) is 9.06. The van der Waals surface area contributed by atoms with Gasteiger partial charge in [0.15, 0.2) is 5.65 Å². The zero-order valence-corrected chi connectivity index (χ0v) is 19.3. The molecule has 33 heavy (non-hydrogen) atoms. The SMILES string of the molecule is CCCOc1ccc(C(=O)N2CCC(c3c[nH]c4ncc(C5CCOCC5)nc34)CC2)cc1. The van der Waals surface area contributed by atoms with E-state index in [0.717, 1.165) is 86.6 Å². The first kappa shape index (κ1) is 21.9. The van der Waals surface area contributed by atoms with Crippen molar-refractivity contribution in [1.29, 1.82) is 0 Å². The molecule has 4 heterocycles. The van der Waals surface area contributed by atoms with Crippen molar-refractivity contribution in [3.63, 3.8) is 0 Å². The number of likely N-dealkylation sites (tertiary alicyclic amines) is 1. The lowest BCUT2D eigenvalue weighted by Crippen LogP contribution is -2.37. The van der Waals surface area contributed by atoms with Crippen LogP contribution in [0.5, 0.6) is 5.75 Å². The quantitative estimate of drug-likeness (QED) is 0.593. The lowest BCUT2D eigenvalue weighted by molar-refractivity contribution is 0.0713. The van der Waals surface area contributed by atoms with Gasteiger partial charge in [0, 0.05) is 49.5 Å². The molecule has 2 aliphatic rings. The number of hydrogen-bond acceptors (Lipinski definition) is 5. The minimum Gasteiger partial charge on any atom is -0.494 e. The molecule has 0 spiro atoms. The number of benzene rings is 1. The third-order valence-electron chi connectivity index (χ3n) is 6.86. The average Bonchev–Trinajstić information content (AvgIpc) is 3.31. The normalized spacial score (nSPS) is 18.0. The maximum Gasteiger partial charge on any atom is 0.253 e. The van der Waals surface area contributed by atoms with Gasteiger partial charge >= 0.3 is 0 Å². The summed E-state index contributed by atoms with van der Waals surface area (Å²) in [7, 11) is 0. The molecule has 3 aromatic rings. The summed E-state index contributed by atoms with van der Waals surface area (Å²) in [6, 6.07) is 7.51. The largest absolute Gasteiger partial charge is 0.494 e. The summed E-state index contributed by atoms with van der Waals surface area (Å²) in [5.41, 5.74) is 4.87. The van der Waals surface area contributed by atoms with Crippen LogP contribution in [0.1, 0.15) is 72.5 Å². The molecule has 0 atom stereocenters. The molecule has 0 unspecified atom stereocenters. The molecule has 174 valence electrons. The Balaban J connectivity index is 1.24. The summed E-state index contributed by atoms with van der Waals surface area (Å²) in [6.07, 6.45) is 8.82. The van der Waals surface area contributed by atoms with Crippen molar-refractivity contribution in [1.82, 2.24) is 19.9 Å². The molecule has 0 saturated carbocycles. The Morgan fingerprint density at radius 2 is 1.88 bits per heavy atom. The highest BCUT2D eigenvalue weighted by atomic mass is 16.5. The molecule has 2 saturated heterocycles. The Hall–Kier alpha value is -2.93. The van der Waals surface area contributed by atoms with E-state index in [-0.39, 0.29) is 5.91 Å². The number of amides is 1. The van der Waals surface area contributed by atoms with Crippen LogP contribution < -0.4 is 4.74 Å². The Morgan fingerprint density at radius 3 is 2.61 bits per heavy atom. The number of H-pyrrole nitrogens is 1. The van der Waals surface area contributed by atoms with Gasteiger partial charge in [0.05, 0.1) is 18.5 Å². The van der Waals surface area contributed by atoms with Crippen LogP contribution in [0.3, 0.4) is 0 Å². The maximum absolute atomic E-state index is 13.0. The highest BCUT2D eigenvalue weighted by Gasteiger charge is 2.27. The van der Waals surface area contributed by atoms with Gasteiger partial charge in [0.1, 0.15) is 11.3 Å². The molecular weight excluding hydrogens is 416 g/mol. The molecule has 7 heteroatoms. The molecule has 0 radical (unpaired) electrons. The van der Waals surface area contributed by atoms with E-state index in [4.69, 9.17) is 14.5 Å². The van der Waals surface area contributed by atoms with Gasteiger partial charge in [-0.1, -0.05) is 6.92 Å². The summed E-state index contributed by atoms with van der Waals surface area (Å²) in [5, 5.41) is 0. The van der Waals surface area contributed by atoms with E-state index in [0.29, 0.717) is 18.4 Å². The van der Waals surface area contributed by atoms with Crippen LogP contribution in [0.25, 0.3) is 11.2 Å². The van der Waals surface area contributed by atoms with Crippen LogP contribution in [0, 0.1) is 0 Å². The summed E-state index contributed by atoms with van der Waals surface area (Å²) in [4.78, 5) is 27.9. The molecule has 5 rings (SSSR count). The number of rotatable bonds is 6. The summed E-state index contributed by atoms with van der Waals surface area (Å²) < 4.78 is 11.1. The summed E-state index contributed by atoms with van der Waals surface area (Å²) in [5.74, 6) is 1.71. The number of nitrogens with zero attached hydrogens (tertiary/aromatic N) is 3. The van der Waals surface area contributed by atoms with Crippen molar-refractivity contribution in [2.75, 3.05) is 32.9 Å². The fourth-order valence-corrected chi connectivity index (χ4v) is 4.92. The molecular formula is C26H32N4O3. The molecule has 1 N–H and O–H groups in total. The number of hydrogen-bond donors (Lipinski definition) is 1. The van der Waals surface area contributed by atoms with Crippen molar-refractivity contribution in [3.8, 4) is 5.75 Å². The summed E-state index contributed by atoms with van der Waals surface area (Å²) in [6.45, 7) is 5.86. The smallest absolute Gasteiger partial charge is 0.253 e. The van der Waals surface area contributed by atoms with Crippen LogP contribution in [0.15, 0.2) is 36.7 Å². The number of carbonyl (C=O) groups is 1. The first-order chi connectivity index (χ1) is 16.2. The summed E-state index contributed by atoms with van der Waals surface area (Å²) >= 11 is 0. The number of aromatic nitrogens is 3. The van der Waals surface area contributed by atoms with Crippen molar-refractivity contribution in [3.05, 3.63) is 53.5 Å². The van der Waals surface area contributed by atoms with E-state index in [1.54, 1.807) is 0 Å². The first-order valence-corrected chi connectivity index (χ1v) is 12.2. The lowest BCUT2D eigenvalue weighted by Gasteiger charge is -2.32. The van der Waals surface area contributed by atoms with Gasteiger partial charge in [0.25, 0.3) is 5.91 Å². The third kappa shape index (κ3) is 4.74. The molecule has 2 aromatic heterocycles. The van der Waals surface area contributed by atoms with E-state index in [1.165, 1.54) is 5.56 Å². The lowest BCUT2D eigenvalue weighted by atomic mass is 9.90. The molecule has 0 aliphatic carbocycles. The Morgan fingerprint density at radius 1 is 1.12 bits per heavy atom. The van der Waals surface area contributed by atoms with Gasteiger partial charge in [0.2, 0.25) is 0 Å². The molecule has 1 aromatic carbocycles. The maximum atomic E-state index is 13.0. The number of carbonyl (C=O) groups excluding carboxylic acids is 1. The average molecular weight is 449 g/mol. The minimum atomic E-state index is 0.0935. The van der Waals surface area contributed by atoms with Crippen LogP contribution >= 0.6 is 0 Å². The van der Waals surface area contributed by atoms with Crippen molar-refractivity contribution < 1.29 is 14.3 Å². The van der Waals surface area contributed by atoms with Crippen molar-refractivity contribution >= 4 is 17.1 Å². The Bertz CT molecular complexity index is 1080. The predicted molar refractivity (Wildman–Crippen MR) is 127 cm³/mol. The van der Waals surface area contributed by atoms with Gasteiger partial charge in [-0.25, -0.2) is 9.97 Å². The van der Waals surface area contributed by atoms with E-state index in [2.05, 4.69) is 23.1 Å². The zero-order chi connectivity index (χ0) is 22.6. The highest BCUT2D eigenvalue weighted by Crippen LogP contribution is 2.34. The van der Waals surface area contributed by atoms with E-state index in [1.807, 2.05) is 35.4 Å². The van der Waals surface area contributed by atoms with Gasteiger partial charge in [-0.3, -0.25) is 4.79 Å². The van der Waals surface area contributed by atoms with Gasteiger partial charge in [-0.2, -0.15) is 0 Å². The molecule has 0 bridgehead atoms. The van der Waals surface area contributed by atoms with E-state index >= 15 is 0 Å². The van der Waals surface area contributed by atoms with Crippen LogP contribution in [0.2, 0.25) is 0 Å².